The monoisotopic (exact) mass is 677 g/mol. The van der Waals surface area contributed by atoms with Gasteiger partial charge in [0.15, 0.2) is 6.29 Å². The summed E-state index contributed by atoms with van der Waals surface area (Å²) in [5.74, 6) is -0.375. The molecule has 2 saturated heterocycles. The molecule has 1 aromatic heterocycles. The minimum absolute atomic E-state index is 0.0147. The van der Waals surface area contributed by atoms with Crippen LogP contribution in [0.3, 0.4) is 0 Å². The Kier molecular flexibility index (Phi) is 11.1. The number of benzene rings is 3. The number of esters is 1. The smallest absolute Gasteiger partial charge is 0.323 e. The number of amides is 1. The summed E-state index contributed by atoms with van der Waals surface area (Å²) in [4.78, 5) is 32.1. The molecule has 0 aliphatic carbocycles. The van der Waals surface area contributed by atoms with Crippen LogP contribution in [0.2, 0.25) is 0 Å². The van der Waals surface area contributed by atoms with Crippen LogP contribution in [-0.2, 0) is 32.2 Å². The summed E-state index contributed by atoms with van der Waals surface area (Å²) in [6.45, 7) is 9.56. The molecule has 2 aliphatic rings. The van der Waals surface area contributed by atoms with Crippen LogP contribution in [0.25, 0.3) is 11.1 Å². The highest BCUT2D eigenvalue weighted by Gasteiger charge is 2.42. The van der Waals surface area contributed by atoms with Gasteiger partial charge in [0, 0.05) is 37.0 Å². The number of nitrogens with zero attached hydrogens (tertiary/aromatic N) is 2. The van der Waals surface area contributed by atoms with Crippen molar-refractivity contribution in [3.05, 3.63) is 125 Å². The standard InChI is InChI=1S/C41H47N3O6/c1-27-36(25-44-22-8-12-35(44)39(47)50-41(2,3)4)48-40(49-37(27)30-15-13-28(26-45)14-16-30)31-19-17-29(18-20-31)34-11-6-5-9-32(34)24-43-38(46)33-10-7-21-42-23-33/h5-7,9-11,13-21,23,27,35-37,40,45H,8,12,22,24-26H2,1-4H3,(H,43,46)/t27-,35+,36+,37+,40+/m1/s1. The number of hydrogen-bond acceptors (Lipinski definition) is 8. The molecule has 9 heteroatoms. The third-order valence-corrected chi connectivity index (χ3v) is 9.45. The van der Waals surface area contributed by atoms with E-state index < -0.39 is 11.9 Å². The lowest BCUT2D eigenvalue weighted by molar-refractivity contribution is -0.276. The van der Waals surface area contributed by atoms with E-state index in [-0.39, 0.29) is 42.7 Å². The average molecular weight is 678 g/mol. The van der Waals surface area contributed by atoms with Crippen molar-refractivity contribution in [2.45, 2.75) is 83.8 Å². The number of nitrogens with one attached hydrogen (secondary N) is 1. The lowest BCUT2D eigenvalue weighted by Gasteiger charge is -2.43. The SMILES string of the molecule is C[C@@H]1[C@H](CN2CCC[C@H]2C(=O)OC(C)(C)C)O[C@H](c2ccc(-c3ccccc3CNC(=O)c3cccnc3)cc2)O[C@@H]1c1ccc(CO)cc1. The Morgan fingerprint density at radius 1 is 0.960 bits per heavy atom. The molecule has 0 unspecified atom stereocenters. The van der Waals surface area contributed by atoms with Crippen molar-refractivity contribution in [2.24, 2.45) is 5.92 Å². The van der Waals surface area contributed by atoms with E-state index in [4.69, 9.17) is 14.2 Å². The third-order valence-electron chi connectivity index (χ3n) is 9.45. The average Bonchev–Trinajstić information content (AvgIpc) is 3.60. The van der Waals surface area contributed by atoms with Crippen molar-refractivity contribution in [3.63, 3.8) is 0 Å². The van der Waals surface area contributed by atoms with E-state index in [1.807, 2.05) is 75.4 Å². The summed E-state index contributed by atoms with van der Waals surface area (Å²) in [6.07, 6.45) is 3.76. The van der Waals surface area contributed by atoms with Crippen LogP contribution in [0.15, 0.2) is 97.3 Å². The minimum Gasteiger partial charge on any atom is -0.459 e. The molecular formula is C41H47N3O6. The van der Waals surface area contributed by atoms with Crippen LogP contribution >= 0.6 is 0 Å². The minimum atomic E-state index is -0.635. The largest absolute Gasteiger partial charge is 0.459 e. The van der Waals surface area contributed by atoms with E-state index in [0.29, 0.717) is 18.7 Å². The van der Waals surface area contributed by atoms with Gasteiger partial charge in [-0.2, -0.15) is 0 Å². The fourth-order valence-electron chi connectivity index (χ4n) is 6.79. The number of aliphatic hydroxyl groups is 1. The third kappa shape index (κ3) is 8.47. The van der Waals surface area contributed by atoms with Crippen LogP contribution in [0.4, 0.5) is 0 Å². The fourth-order valence-corrected chi connectivity index (χ4v) is 6.79. The van der Waals surface area contributed by atoms with Gasteiger partial charge in [-0.3, -0.25) is 19.5 Å². The number of pyridine rings is 1. The van der Waals surface area contributed by atoms with Crippen molar-refractivity contribution in [1.29, 1.82) is 0 Å². The molecule has 2 aliphatic heterocycles. The maximum absolute atomic E-state index is 13.2. The molecule has 2 fully saturated rings. The first kappa shape index (κ1) is 35.4. The first-order chi connectivity index (χ1) is 24.1. The lowest BCUT2D eigenvalue weighted by atomic mass is 9.89. The molecule has 0 spiro atoms. The first-order valence-corrected chi connectivity index (χ1v) is 17.4. The number of aromatic nitrogens is 1. The number of rotatable bonds is 10. The Bertz CT molecular complexity index is 1740. The van der Waals surface area contributed by atoms with Crippen molar-refractivity contribution < 1.29 is 28.9 Å². The zero-order chi connectivity index (χ0) is 35.3. The van der Waals surface area contributed by atoms with Crippen molar-refractivity contribution in [1.82, 2.24) is 15.2 Å². The Morgan fingerprint density at radius 2 is 1.70 bits per heavy atom. The molecular weight excluding hydrogens is 630 g/mol. The van der Waals surface area contributed by atoms with E-state index in [1.54, 1.807) is 24.5 Å². The van der Waals surface area contributed by atoms with E-state index in [1.165, 1.54) is 0 Å². The van der Waals surface area contributed by atoms with Crippen molar-refractivity contribution in [2.75, 3.05) is 13.1 Å². The van der Waals surface area contributed by atoms with Crippen LogP contribution in [0.5, 0.6) is 0 Å². The number of carbonyl (C=O) groups is 2. The van der Waals surface area contributed by atoms with Crippen LogP contribution in [0.1, 0.15) is 85.5 Å². The van der Waals surface area contributed by atoms with Gasteiger partial charge in [-0.1, -0.05) is 79.7 Å². The van der Waals surface area contributed by atoms with Crippen LogP contribution < -0.4 is 5.32 Å². The number of carbonyl (C=O) groups excluding carboxylic acids is 2. The Labute approximate surface area is 294 Å². The second-order valence-corrected chi connectivity index (χ2v) is 14.2. The molecule has 262 valence electrons. The molecule has 4 aromatic rings. The Morgan fingerprint density at radius 3 is 2.40 bits per heavy atom. The predicted octanol–water partition coefficient (Wildman–Crippen LogP) is 6.77. The molecule has 50 heavy (non-hydrogen) atoms. The van der Waals surface area contributed by atoms with E-state index in [2.05, 4.69) is 40.3 Å². The summed E-state index contributed by atoms with van der Waals surface area (Å²) in [5.41, 5.74) is 5.72. The molecule has 0 bridgehead atoms. The second kappa shape index (κ2) is 15.6. The van der Waals surface area contributed by atoms with Gasteiger partial charge in [-0.25, -0.2) is 0 Å². The maximum atomic E-state index is 13.2. The zero-order valence-electron chi connectivity index (χ0n) is 29.2. The van der Waals surface area contributed by atoms with Gasteiger partial charge in [0.05, 0.1) is 24.4 Å². The van der Waals surface area contributed by atoms with Gasteiger partial charge in [-0.15, -0.1) is 0 Å². The predicted molar refractivity (Wildman–Crippen MR) is 191 cm³/mol. The summed E-state index contributed by atoms with van der Waals surface area (Å²) in [6, 6.07) is 27.3. The topological polar surface area (TPSA) is 110 Å². The molecule has 3 aromatic carbocycles. The van der Waals surface area contributed by atoms with Crippen molar-refractivity contribution in [3.8, 4) is 11.1 Å². The molecule has 6 rings (SSSR count). The summed E-state index contributed by atoms with van der Waals surface area (Å²) in [7, 11) is 0. The van der Waals surface area contributed by atoms with Crippen molar-refractivity contribution >= 4 is 11.9 Å². The van der Waals surface area contributed by atoms with E-state index >= 15 is 0 Å². The highest BCUT2D eigenvalue weighted by Crippen LogP contribution is 2.43. The van der Waals surface area contributed by atoms with Gasteiger partial charge >= 0.3 is 5.97 Å². The van der Waals surface area contributed by atoms with Gasteiger partial charge in [0.2, 0.25) is 0 Å². The number of aliphatic hydroxyl groups excluding tert-OH is 1. The zero-order valence-corrected chi connectivity index (χ0v) is 29.2. The number of hydrogen-bond donors (Lipinski definition) is 2. The molecule has 0 radical (unpaired) electrons. The van der Waals surface area contributed by atoms with Gasteiger partial charge in [0.1, 0.15) is 11.6 Å². The maximum Gasteiger partial charge on any atom is 0.323 e. The molecule has 9 nitrogen and oxygen atoms in total. The van der Waals surface area contributed by atoms with Gasteiger partial charge in [-0.05, 0) is 80.1 Å². The summed E-state index contributed by atoms with van der Waals surface area (Å²) >= 11 is 0. The highest BCUT2D eigenvalue weighted by atomic mass is 16.7. The molecule has 5 atom stereocenters. The molecule has 0 saturated carbocycles. The van der Waals surface area contributed by atoms with Gasteiger partial charge in [0.25, 0.3) is 5.91 Å². The normalized spacial score (nSPS) is 22.6. The van der Waals surface area contributed by atoms with E-state index in [0.717, 1.165) is 52.8 Å². The fraction of sp³-hybridized carbons (Fsp3) is 0.390. The molecule has 3 heterocycles. The van der Waals surface area contributed by atoms with Crippen LogP contribution in [0, 0.1) is 5.92 Å². The van der Waals surface area contributed by atoms with Gasteiger partial charge < -0.3 is 24.6 Å². The Hall–Kier alpha value is -4.41. The second-order valence-electron chi connectivity index (χ2n) is 14.2. The summed E-state index contributed by atoms with van der Waals surface area (Å²) in [5, 5.41) is 12.6. The van der Waals surface area contributed by atoms with Crippen LogP contribution in [-0.4, -0.2) is 57.7 Å². The lowest BCUT2D eigenvalue weighted by Crippen LogP contribution is -2.48. The number of likely N-dealkylation sites (tertiary alicyclic amines) is 1. The number of ether oxygens (including phenoxy) is 3. The first-order valence-electron chi connectivity index (χ1n) is 17.4. The van der Waals surface area contributed by atoms with E-state index in [9.17, 15) is 14.7 Å². The highest BCUT2D eigenvalue weighted by molar-refractivity contribution is 5.93. The molecule has 2 N–H and O–H groups in total. The Balaban J connectivity index is 1.22. The summed E-state index contributed by atoms with van der Waals surface area (Å²) < 4.78 is 19.2. The molecule has 1 amide bonds. The quantitative estimate of drug-likeness (QED) is 0.177.